The Kier molecular flexibility index (Phi) is 4.69. The van der Waals surface area contributed by atoms with E-state index in [0.29, 0.717) is 0 Å². The van der Waals surface area contributed by atoms with Crippen LogP contribution in [0.3, 0.4) is 0 Å². The first kappa shape index (κ1) is 14.9. The molecule has 0 aliphatic carbocycles. The molecule has 0 amide bonds. The first-order chi connectivity index (χ1) is 9.50. The number of rotatable bonds is 4. The van der Waals surface area contributed by atoms with Crippen LogP contribution in [0.2, 0.25) is 5.02 Å². The number of aliphatic hydroxyl groups excluding tert-OH is 1. The van der Waals surface area contributed by atoms with Gasteiger partial charge in [-0.15, -0.1) is 0 Å². The van der Waals surface area contributed by atoms with Gasteiger partial charge in [0, 0.05) is 23.3 Å². The molecule has 0 aliphatic heterocycles. The molecular formula is C17H20ClNO. The van der Waals surface area contributed by atoms with Crippen molar-refractivity contribution in [3.63, 3.8) is 0 Å². The summed E-state index contributed by atoms with van der Waals surface area (Å²) in [5, 5.41) is 10.6. The second kappa shape index (κ2) is 6.29. The van der Waals surface area contributed by atoms with E-state index >= 15 is 0 Å². The third kappa shape index (κ3) is 3.14. The lowest BCUT2D eigenvalue weighted by Crippen LogP contribution is -2.23. The molecule has 2 atom stereocenters. The number of aliphatic hydroxyl groups is 1. The molecule has 0 heterocycles. The molecule has 0 saturated carbocycles. The number of benzene rings is 2. The minimum atomic E-state index is -0.486. The SMILES string of the molecule is CC(O)c1ccccc1N(C)C(C)c1cccc(Cl)c1. The molecule has 0 fully saturated rings. The Balaban J connectivity index is 2.34. The summed E-state index contributed by atoms with van der Waals surface area (Å²) in [4.78, 5) is 2.16. The van der Waals surface area contributed by atoms with E-state index in [2.05, 4.69) is 17.9 Å². The lowest BCUT2D eigenvalue weighted by Gasteiger charge is -2.30. The van der Waals surface area contributed by atoms with Gasteiger partial charge < -0.3 is 10.0 Å². The summed E-state index contributed by atoms with van der Waals surface area (Å²) >= 11 is 6.06. The van der Waals surface area contributed by atoms with Crippen LogP contribution in [0.25, 0.3) is 0 Å². The zero-order valence-electron chi connectivity index (χ0n) is 12.0. The summed E-state index contributed by atoms with van der Waals surface area (Å²) < 4.78 is 0. The molecule has 0 radical (unpaired) electrons. The normalized spacial score (nSPS) is 13.8. The molecule has 2 nitrogen and oxygen atoms in total. The molecule has 2 aromatic carbocycles. The maximum atomic E-state index is 9.90. The highest BCUT2D eigenvalue weighted by molar-refractivity contribution is 6.30. The summed E-state index contributed by atoms with van der Waals surface area (Å²) in [5.74, 6) is 0. The highest BCUT2D eigenvalue weighted by Crippen LogP contribution is 2.31. The van der Waals surface area contributed by atoms with Crippen LogP contribution in [-0.2, 0) is 0 Å². The monoisotopic (exact) mass is 289 g/mol. The van der Waals surface area contributed by atoms with Crippen LogP contribution in [0.1, 0.15) is 37.1 Å². The van der Waals surface area contributed by atoms with Gasteiger partial charge in [-0.1, -0.05) is 41.9 Å². The molecule has 0 aliphatic rings. The van der Waals surface area contributed by atoms with Gasteiger partial charge in [0.05, 0.1) is 12.1 Å². The van der Waals surface area contributed by atoms with Crippen LogP contribution >= 0.6 is 11.6 Å². The van der Waals surface area contributed by atoms with Gasteiger partial charge in [-0.2, -0.15) is 0 Å². The molecule has 106 valence electrons. The Morgan fingerprint density at radius 1 is 1.05 bits per heavy atom. The number of nitrogens with zero attached hydrogens (tertiary/aromatic N) is 1. The Morgan fingerprint density at radius 3 is 2.40 bits per heavy atom. The smallest absolute Gasteiger partial charge is 0.0781 e. The Morgan fingerprint density at radius 2 is 1.75 bits per heavy atom. The third-order valence-corrected chi connectivity index (χ3v) is 3.91. The van der Waals surface area contributed by atoms with Gasteiger partial charge in [-0.3, -0.25) is 0 Å². The fourth-order valence-electron chi connectivity index (χ4n) is 2.36. The van der Waals surface area contributed by atoms with Gasteiger partial charge >= 0.3 is 0 Å². The highest BCUT2D eigenvalue weighted by atomic mass is 35.5. The van der Waals surface area contributed by atoms with E-state index in [9.17, 15) is 5.11 Å². The largest absolute Gasteiger partial charge is 0.389 e. The van der Waals surface area contributed by atoms with E-state index in [-0.39, 0.29) is 6.04 Å². The van der Waals surface area contributed by atoms with Crippen LogP contribution in [0.15, 0.2) is 48.5 Å². The van der Waals surface area contributed by atoms with Crippen LogP contribution < -0.4 is 4.90 Å². The van der Waals surface area contributed by atoms with E-state index in [4.69, 9.17) is 11.6 Å². The van der Waals surface area contributed by atoms with Gasteiger partial charge in [0.2, 0.25) is 0 Å². The van der Waals surface area contributed by atoms with Gasteiger partial charge in [0.25, 0.3) is 0 Å². The average molecular weight is 290 g/mol. The first-order valence-electron chi connectivity index (χ1n) is 6.76. The van der Waals surface area contributed by atoms with E-state index < -0.39 is 6.10 Å². The van der Waals surface area contributed by atoms with Crippen LogP contribution in [0.5, 0.6) is 0 Å². The topological polar surface area (TPSA) is 23.5 Å². The number of para-hydroxylation sites is 1. The third-order valence-electron chi connectivity index (χ3n) is 3.68. The van der Waals surface area contributed by atoms with Crippen LogP contribution in [0, 0.1) is 0 Å². The van der Waals surface area contributed by atoms with Crippen molar-refractivity contribution in [3.05, 3.63) is 64.7 Å². The van der Waals surface area contributed by atoms with Crippen molar-refractivity contribution in [2.24, 2.45) is 0 Å². The minimum absolute atomic E-state index is 0.175. The predicted octanol–water partition coefficient (Wildman–Crippen LogP) is 4.59. The van der Waals surface area contributed by atoms with Crippen molar-refractivity contribution in [1.29, 1.82) is 0 Å². The second-order valence-corrected chi connectivity index (χ2v) is 5.51. The molecule has 3 heteroatoms. The van der Waals surface area contributed by atoms with Crippen molar-refractivity contribution < 1.29 is 5.11 Å². The van der Waals surface area contributed by atoms with Gasteiger partial charge in [-0.05, 0) is 37.6 Å². The van der Waals surface area contributed by atoms with E-state index in [1.54, 1.807) is 6.92 Å². The van der Waals surface area contributed by atoms with E-state index in [0.717, 1.165) is 21.8 Å². The molecule has 0 spiro atoms. The Hall–Kier alpha value is -1.51. The lowest BCUT2D eigenvalue weighted by molar-refractivity contribution is 0.199. The van der Waals surface area contributed by atoms with Crippen LogP contribution in [0.4, 0.5) is 5.69 Å². The summed E-state index contributed by atoms with van der Waals surface area (Å²) in [6.45, 7) is 3.92. The van der Waals surface area contributed by atoms with Gasteiger partial charge in [0.15, 0.2) is 0 Å². The number of hydrogen-bond acceptors (Lipinski definition) is 2. The summed E-state index contributed by atoms with van der Waals surface area (Å²) in [6, 6.07) is 16.0. The molecule has 2 aromatic rings. The van der Waals surface area contributed by atoms with E-state index in [1.807, 2.05) is 49.5 Å². The Labute approximate surface area is 125 Å². The molecule has 1 N–H and O–H groups in total. The first-order valence-corrected chi connectivity index (χ1v) is 7.13. The lowest BCUT2D eigenvalue weighted by atomic mass is 10.0. The van der Waals surface area contributed by atoms with Crippen molar-refractivity contribution >= 4 is 17.3 Å². The molecule has 2 unspecified atom stereocenters. The summed E-state index contributed by atoms with van der Waals surface area (Å²) in [5.41, 5.74) is 3.12. The molecule has 0 bridgehead atoms. The predicted molar refractivity (Wildman–Crippen MR) is 85.3 cm³/mol. The molecule has 20 heavy (non-hydrogen) atoms. The Bertz CT molecular complexity index is 583. The van der Waals surface area contributed by atoms with Crippen molar-refractivity contribution in [3.8, 4) is 0 Å². The fourth-order valence-corrected chi connectivity index (χ4v) is 2.56. The number of halogens is 1. The zero-order chi connectivity index (χ0) is 14.7. The van der Waals surface area contributed by atoms with Gasteiger partial charge in [0.1, 0.15) is 0 Å². The second-order valence-electron chi connectivity index (χ2n) is 5.08. The van der Waals surface area contributed by atoms with E-state index in [1.165, 1.54) is 0 Å². The fraction of sp³-hybridized carbons (Fsp3) is 0.294. The van der Waals surface area contributed by atoms with Gasteiger partial charge in [-0.25, -0.2) is 0 Å². The number of anilines is 1. The minimum Gasteiger partial charge on any atom is -0.389 e. The maximum Gasteiger partial charge on any atom is 0.0781 e. The number of hydrogen-bond donors (Lipinski definition) is 1. The average Bonchev–Trinajstić information content (AvgIpc) is 2.45. The summed E-state index contributed by atoms with van der Waals surface area (Å²) in [6.07, 6.45) is -0.486. The molecule has 2 rings (SSSR count). The van der Waals surface area contributed by atoms with Crippen molar-refractivity contribution in [2.45, 2.75) is 26.0 Å². The van der Waals surface area contributed by atoms with Crippen molar-refractivity contribution in [2.75, 3.05) is 11.9 Å². The quantitative estimate of drug-likeness (QED) is 0.890. The standard InChI is InChI=1S/C17H20ClNO/c1-12(14-7-6-8-15(18)11-14)19(3)17-10-5-4-9-16(17)13(2)20/h4-13,20H,1-3H3. The summed E-state index contributed by atoms with van der Waals surface area (Å²) in [7, 11) is 2.03. The molecule has 0 aromatic heterocycles. The highest BCUT2D eigenvalue weighted by Gasteiger charge is 2.17. The molecule has 0 saturated heterocycles. The molecular weight excluding hydrogens is 270 g/mol. The maximum absolute atomic E-state index is 9.90. The van der Waals surface area contributed by atoms with Crippen molar-refractivity contribution in [1.82, 2.24) is 0 Å². The zero-order valence-corrected chi connectivity index (χ0v) is 12.8. The van der Waals surface area contributed by atoms with Crippen LogP contribution in [-0.4, -0.2) is 12.2 Å².